The summed E-state index contributed by atoms with van der Waals surface area (Å²) in [5.74, 6) is 0.504. The fourth-order valence-electron chi connectivity index (χ4n) is 1.68. The van der Waals surface area contributed by atoms with Crippen LogP contribution < -0.4 is 10.1 Å². The number of hydrogen-bond acceptors (Lipinski definition) is 3. The molecule has 18 heavy (non-hydrogen) atoms. The van der Waals surface area contributed by atoms with Crippen molar-refractivity contribution in [3.63, 3.8) is 0 Å². The number of aromatic nitrogens is 1. The largest absolute Gasteiger partial charge is 0.480 e. The topological polar surface area (TPSA) is 51.2 Å². The van der Waals surface area contributed by atoms with Gasteiger partial charge in [-0.1, -0.05) is 13.8 Å². The number of amides is 1. The number of halogens is 1. The third-order valence-corrected chi connectivity index (χ3v) is 3.71. The van der Waals surface area contributed by atoms with Crippen molar-refractivity contribution in [3.05, 3.63) is 23.9 Å². The zero-order chi connectivity index (χ0) is 13.6. The van der Waals surface area contributed by atoms with Gasteiger partial charge in [-0.05, 0) is 25.0 Å². The molecule has 0 radical (unpaired) electrons. The Balaban J connectivity index is 2.94. The molecule has 1 aromatic rings. The molecule has 0 aromatic carbocycles. The van der Waals surface area contributed by atoms with Gasteiger partial charge < -0.3 is 10.1 Å². The second kappa shape index (κ2) is 6.59. The van der Waals surface area contributed by atoms with Gasteiger partial charge in [-0.3, -0.25) is 4.79 Å². The van der Waals surface area contributed by atoms with Crippen LogP contribution in [0.4, 0.5) is 0 Å². The van der Waals surface area contributed by atoms with E-state index in [0.717, 1.165) is 12.8 Å². The maximum Gasteiger partial charge on any atom is 0.257 e. The quantitative estimate of drug-likeness (QED) is 0.809. The molecule has 0 bridgehead atoms. The van der Waals surface area contributed by atoms with E-state index >= 15 is 0 Å². The van der Waals surface area contributed by atoms with E-state index in [0.29, 0.717) is 17.3 Å². The van der Waals surface area contributed by atoms with E-state index in [9.17, 15) is 4.79 Å². The number of carbonyl (C=O) groups is 1. The molecule has 5 heteroatoms. The summed E-state index contributed by atoms with van der Waals surface area (Å²) in [6.45, 7) is 4.01. The van der Waals surface area contributed by atoms with Crippen molar-refractivity contribution in [1.29, 1.82) is 0 Å². The van der Waals surface area contributed by atoms with Crippen LogP contribution in [0.2, 0.25) is 0 Å². The molecule has 0 fully saturated rings. The molecule has 0 saturated carbocycles. The third kappa shape index (κ3) is 3.13. The highest BCUT2D eigenvalue weighted by molar-refractivity contribution is 6.19. The molecule has 0 aliphatic carbocycles. The first-order valence-electron chi connectivity index (χ1n) is 6.00. The minimum absolute atomic E-state index is 0.204. The maximum absolute atomic E-state index is 12.2. The van der Waals surface area contributed by atoms with Crippen molar-refractivity contribution in [3.8, 4) is 5.88 Å². The van der Waals surface area contributed by atoms with Crippen LogP contribution in [-0.4, -0.2) is 29.4 Å². The van der Waals surface area contributed by atoms with Crippen LogP contribution in [0.15, 0.2) is 18.3 Å². The summed E-state index contributed by atoms with van der Waals surface area (Å²) >= 11 is 5.97. The summed E-state index contributed by atoms with van der Waals surface area (Å²) < 4.78 is 5.08. The molecule has 0 saturated heterocycles. The Bertz CT molecular complexity index is 397. The van der Waals surface area contributed by atoms with E-state index in [-0.39, 0.29) is 11.4 Å². The molecule has 0 unspecified atom stereocenters. The summed E-state index contributed by atoms with van der Waals surface area (Å²) in [6.07, 6.45) is 3.15. The van der Waals surface area contributed by atoms with Gasteiger partial charge >= 0.3 is 0 Å². The summed E-state index contributed by atoms with van der Waals surface area (Å²) in [4.78, 5) is 16.2. The van der Waals surface area contributed by atoms with Gasteiger partial charge in [-0.25, -0.2) is 4.98 Å². The molecule has 1 heterocycles. The lowest BCUT2D eigenvalue weighted by Gasteiger charge is -2.30. The van der Waals surface area contributed by atoms with E-state index in [1.807, 2.05) is 13.8 Å². The number of hydrogen-bond donors (Lipinski definition) is 1. The van der Waals surface area contributed by atoms with Gasteiger partial charge in [0.05, 0.1) is 12.6 Å². The van der Waals surface area contributed by atoms with Gasteiger partial charge in [0.15, 0.2) is 0 Å². The first kappa shape index (κ1) is 14.8. The smallest absolute Gasteiger partial charge is 0.257 e. The first-order chi connectivity index (χ1) is 8.62. The molecule has 1 aromatic heterocycles. The lowest BCUT2D eigenvalue weighted by atomic mass is 9.95. The van der Waals surface area contributed by atoms with E-state index in [1.165, 1.54) is 7.11 Å². The number of nitrogens with zero attached hydrogens (tertiary/aromatic N) is 1. The summed E-state index contributed by atoms with van der Waals surface area (Å²) in [5, 5.41) is 2.98. The van der Waals surface area contributed by atoms with E-state index in [2.05, 4.69) is 10.3 Å². The molecule has 1 amide bonds. The molecule has 0 aliphatic rings. The van der Waals surface area contributed by atoms with E-state index in [1.54, 1.807) is 18.3 Å². The van der Waals surface area contributed by atoms with Gasteiger partial charge in [0.25, 0.3) is 5.91 Å². The van der Waals surface area contributed by atoms with Crippen molar-refractivity contribution in [2.45, 2.75) is 32.2 Å². The molecule has 100 valence electrons. The molecule has 0 aliphatic heterocycles. The second-order valence-corrected chi connectivity index (χ2v) is 4.40. The predicted molar refractivity (Wildman–Crippen MR) is 72.3 cm³/mol. The number of pyridine rings is 1. The zero-order valence-corrected chi connectivity index (χ0v) is 11.8. The normalized spacial score (nSPS) is 11.1. The Morgan fingerprint density at radius 3 is 2.67 bits per heavy atom. The lowest BCUT2D eigenvalue weighted by molar-refractivity contribution is 0.0898. The van der Waals surface area contributed by atoms with Crippen LogP contribution in [0.25, 0.3) is 0 Å². The van der Waals surface area contributed by atoms with Crippen molar-refractivity contribution in [2.75, 3.05) is 13.0 Å². The van der Waals surface area contributed by atoms with Crippen molar-refractivity contribution in [2.24, 2.45) is 0 Å². The zero-order valence-electron chi connectivity index (χ0n) is 11.0. The first-order valence-corrected chi connectivity index (χ1v) is 6.53. The van der Waals surface area contributed by atoms with Crippen molar-refractivity contribution >= 4 is 17.5 Å². The van der Waals surface area contributed by atoms with Gasteiger partial charge in [0.1, 0.15) is 5.56 Å². The number of methoxy groups -OCH3 is 1. The van der Waals surface area contributed by atoms with Crippen LogP contribution >= 0.6 is 11.6 Å². The summed E-state index contributed by atoms with van der Waals surface area (Å²) in [6, 6.07) is 3.39. The van der Waals surface area contributed by atoms with Crippen LogP contribution in [0.5, 0.6) is 5.88 Å². The van der Waals surface area contributed by atoms with Crippen LogP contribution in [-0.2, 0) is 0 Å². The third-order valence-electron chi connectivity index (χ3n) is 3.20. The highest BCUT2D eigenvalue weighted by Gasteiger charge is 2.28. The number of nitrogens with one attached hydrogen (secondary N) is 1. The summed E-state index contributed by atoms with van der Waals surface area (Å²) in [5.41, 5.74) is 0.0517. The van der Waals surface area contributed by atoms with Gasteiger partial charge in [-0.15, -0.1) is 11.6 Å². The van der Waals surface area contributed by atoms with Gasteiger partial charge in [0, 0.05) is 12.1 Å². The van der Waals surface area contributed by atoms with Crippen molar-refractivity contribution in [1.82, 2.24) is 10.3 Å². The number of ether oxygens (including phenoxy) is 1. The number of rotatable bonds is 6. The molecule has 1 rings (SSSR count). The molecule has 4 nitrogen and oxygen atoms in total. The van der Waals surface area contributed by atoms with E-state index < -0.39 is 0 Å². The monoisotopic (exact) mass is 270 g/mol. The maximum atomic E-state index is 12.2. The van der Waals surface area contributed by atoms with Gasteiger partial charge in [0.2, 0.25) is 5.88 Å². The Kier molecular flexibility index (Phi) is 5.41. The minimum Gasteiger partial charge on any atom is -0.480 e. The Labute approximate surface area is 113 Å². The van der Waals surface area contributed by atoms with Crippen LogP contribution in [0.3, 0.4) is 0 Å². The second-order valence-electron chi connectivity index (χ2n) is 4.14. The highest BCUT2D eigenvalue weighted by atomic mass is 35.5. The average molecular weight is 271 g/mol. The Hall–Kier alpha value is -1.29. The van der Waals surface area contributed by atoms with Crippen LogP contribution in [0.1, 0.15) is 37.0 Å². The molecular formula is C13H19ClN2O2. The molecule has 0 atom stereocenters. The lowest BCUT2D eigenvalue weighted by Crippen LogP contribution is -2.49. The molecular weight excluding hydrogens is 252 g/mol. The van der Waals surface area contributed by atoms with Gasteiger partial charge in [-0.2, -0.15) is 0 Å². The number of alkyl halides is 1. The fraction of sp³-hybridized carbons (Fsp3) is 0.538. The predicted octanol–water partition coefficient (Wildman–Crippen LogP) is 2.62. The Morgan fingerprint density at radius 1 is 1.50 bits per heavy atom. The Morgan fingerprint density at radius 2 is 2.17 bits per heavy atom. The van der Waals surface area contributed by atoms with Crippen molar-refractivity contribution < 1.29 is 9.53 Å². The average Bonchev–Trinajstić information content (AvgIpc) is 2.44. The fourth-order valence-corrected chi connectivity index (χ4v) is 2.13. The summed E-state index contributed by atoms with van der Waals surface area (Å²) in [7, 11) is 1.49. The molecule has 1 N–H and O–H groups in total. The number of carbonyl (C=O) groups excluding carboxylic acids is 1. The minimum atomic E-state index is -0.376. The SMILES string of the molecule is CCC(CC)(CCl)NC(=O)c1cccnc1OC. The van der Waals surface area contributed by atoms with Crippen LogP contribution in [0, 0.1) is 0 Å². The van der Waals surface area contributed by atoms with E-state index in [4.69, 9.17) is 16.3 Å². The highest BCUT2D eigenvalue weighted by Crippen LogP contribution is 2.20. The standard InChI is InChI=1S/C13H19ClN2O2/c1-4-13(5-2,9-14)16-11(17)10-7-6-8-15-12(10)18-3/h6-8H,4-5,9H2,1-3H3,(H,16,17). The molecule has 0 spiro atoms.